The second kappa shape index (κ2) is 13.1. The van der Waals surface area contributed by atoms with E-state index in [0.29, 0.717) is 24.4 Å². The Morgan fingerprint density at radius 1 is 1.26 bits per heavy atom. The number of aliphatic imine (C=N–C) groups is 1. The van der Waals surface area contributed by atoms with Crippen molar-refractivity contribution in [2.45, 2.75) is 52.5 Å². The van der Waals surface area contributed by atoms with Gasteiger partial charge >= 0.3 is 0 Å². The molecule has 1 saturated carbocycles. The van der Waals surface area contributed by atoms with Gasteiger partial charge in [0.1, 0.15) is 0 Å². The summed E-state index contributed by atoms with van der Waals surface area (Å²) in [5, 5.41) is 6.91. The molecule has 7 heteroatoms. The second-order valence-corrected chi connectivity index (χ2v) is 6.93. The Morgan fingerprint density at radius 3 is 2.70 bits per heavy atom. The van der Waals surface area contributed by atoms with E-state index in [1.54, 1.807) is 13.3 Å². The van der Waals surface area contributed by atoms with Crippen LogP contribution in [-0.2, 0) is 11.3 Å². The summed E-state index contributed by atoms with van der Waals surface area (Å²) in [6.45, 7) is 7.89. The summed E-state index contributed by atoms with van der Waals surface area (Å²) in [5.74, 6) is 1.52. The minimum atomic E-state index is 0. The number of methoxy groups -OCH3 is 1. The van der Waals surface area contributed by atoms with Crippen LogP contribution in [0.15, 0.2) is 23.3 Å². The number of ether oxygens (including phenoxy) is 2. The van der Waals surface area contributed by atoms with Gasteiger partial charge in [-0.3, -0.25) is 0 Å². The second-order valence-electron chi connectivity index (χ2n) is 6.93. The van der Waals surface area contributed by atoms with Gasteiger partial charge in [-0.15, -0.1) is 24.0 Å². The third-order valence-corrected chi connectivity index (χ3v) is 4.99. The van der Waals surface area contributed by atoms with E-state index in [0.717, 1.165) is 37.6 Å². The molecule has 0 unspecified atom stereocenters. The standard InChI is InChI=1S/C20H34N4O2.HI/c1-4-21-19(23-15-17-8-12-22-18(14-17)26-5-2)24-16-20(11-13-25-3)9-6-7-10-20;/h8,12,14H,4-7,9-11,13,15-16H2,1-3H3,(H2,21,23,24);1H. The van der Waals surface area contributed by atoms with E-state index < -0.39 is 0 Å². The third-order valence-electron chi connectivity index (χ3n) is 4.99. The summed E-state index contributed by atoms with van der Waals surface area (Å²) in [5.41, 5.74) is 1.43. The summed E-state index contributed by atoms with van der Waals surface area (Å²) in [6, 6.07) is 3.93. The van der Waals surface area contributed by atoms with Crippen LogP contribution in [0, 0.1) is 5.41 Å². The summed E-state index contributed by atoms with van der Waals surface area (Å²) in [4.78, 5) is 8.94. The molecule has 1 fully saturated rings. The van der Waals surface area contributed by atoms with E-state index in [4.69, 9.17) is 14.5 Å². The van der Waals surface area contributed by atoms with Gasteiger partial charge in [0.2, 0.25) is 5.88 Å². The number of nitrogens with one attached hydrogen (secondary N) is 2. The predicted molar refractivity (Wildman–Crippen MR) is 121 cm³/mol. The van der Waals surface area contributed by atoms with Gasteiger partial charge in [0.25, 0.3) is 0 Å². The monoisotopic (exact) mass is 490 g/mol. The first-order chi connectivity index (χ1) is 12.7. The molecule has 1 heterocycles. The van der Waals surface area contributed by atoms with Crippen molar-refractivity contribution < 1.29 is 9.47 Å². The minimum absolute atomic E-state index is 0. The lowest BCUT2D eigenvalue weighted by atomic mass is 9.83. The maximum Gasteiger partial charge on any atom is 0.213 e. The van der Waals surface area contributed by atoms with Crippen LogP contribution in [0.4, 0.5) is 0 Å². The van der Waals surface area contributed by atoms with Crippen molar-refractivity contribution >= 4 is 29.9 Å². The largest absolute Gasteiger partial charge is 0.478 e. The highest BCUT2D eigenvalue weighted by Crippen LogP contribution is 2.40. The van der Waals surface area contributed by atoms with E-state index in [2.05, 4.69) is 22.5 Å². The molecule has 0 aromatic carbocycles. The van der Waals surface area contributed by atoms with Gasteiger partial charge in [-0.2, -0.15) is 0 Å². The molecule has 1 aromatic heterocycles. The van der Waals surface area contributed by atoms with Crippen molar-refractivity contribution in [3.05, 3.63) is 23.9 Å². The number of rotatable bonds is 10. The van der Waals surface area contributed by atoms with Crippen molar-refractivity contribution in [1.29, 1.82) is 0 Å². The Bertz CT molecular complexity index is 563. The molecule has 1 aliphatic rings. The summed E-state index contributed by atoms with van der Waals surface area (Å²) >= 11 is 0. The number of nitrogens with zero attached hydrogens (tertiary/aromatic N) is 2. The maximum atomic E-state index is 5.46. The first-order valence-corrected chi connectivity index (χ1v) is 9.80. The van der Waals surface area contributed by atoms with Crippen molar-refractivity contribution in [2.75, 3.05) is 33.4 Å². The average molecular weight is 490 g/mol. The van der Waals surface area contributed by atoms with Gasteiger partial charge < -0.3 is 20.1 Å². The molecule has 0 bridgehead atoms. The van der Waals surface area contributed by atoms with Crippen LogP contribution in [0.2, 0.25) is 0 Å². The van der Waals surface area contributed by atoms with Crippen LogP contribution in [0.25, 0.3) is 0 Å². The van der Waals surface area contributed by atoms with Crippen LogP contribution >= 0.6 is 24.0 Å². The molecule has 6 nitrogen and oxygen atoms in total. The zero-order valence-corrected chi connectivity index (χ0v) is 19.3. The lowest BCUT2D eigenvalue weighted by Crippen LogP contribution is -2.43. The Balaban J connectivity index is 0.00000364. The Hall–Kier alpha value is -1.09. The third kappa shape index (κ3) is 8.21. The fraction of sp³-hybridized carbons (Fsp3) is 0.700. The van der Waals surface area contributed by atoms with Crippen LogP contribution in [-0.4, -0.2) is 44.4 Å². The number of guanidine groups is 1. The molecular formula is C20H35IN4O2. The zero-order valence-electron chi connectivity index (χ0n) is 16.9. The summed E-state index contributed by atoms with van der Waals surface area (Å²) in [7, 11) is 1.78. The van der Waals surface area contributed by atoms with Crippen molar-refractivity contribution in [2.24, 2.45) is 10.4 Å². The SMILES string of the molecule is CCNC(=NCc1ccnc(OCC)c1)NCC1(CCOC)CCCC1.I. The molecule has 1 aromatic rings. The molecule has 2 N–H and O–H groups in total. The Kier molecular flexibility index (Phi) is 11.7. The summed E-state index contributed by atoms with van der Waals surface area (Å²) < 4.78 is 10.8. The van der Waals surface area contributed by atoms with Gasteiger partial charge in [-0.25, -0.2) is 9.98 Å². The first kappa shape index (κ1) is 23.9. The van der Waals surface area contributed by atoms with E-state index >= 15 is 0 Å². The maximum absolute atomic E-state index is 5.46. The number of hydrogen-bond acceptors (Lipinski definition) is 4. The van der Waals surface area contributed by atoms with Gasteiger partial charge in [0, 0.05) is 39.1 Å². The number of pyridine rings is 1. The van der Waals surface area contributed by atoms with Crippen LogP contribution < -0.4 is 15.4 Å². The highest BCUT2D eigenvalue weighted by molar-refractivity contribution is 14.0. The zero-order chi connectivity index (χ0) is 18.7. The molecule has 0 atom stereocenters. The van der Waals surface area contributed by atoms with Crippen molar-refractivity contribution in [3.8, 4) is 5.88 Å². The average Bonchev–Trinajstić information content (AvgIpc) is 3.12. The highest BCUT2D eigenvalue weighted by atomic mass is 127. The van der Waals surface area contributed by atoms with Crippen LogP contribution in [0.5, 0.6) is 5.88 Å². The molecule has 0 aliphatic heterocycles. The lowest BCUT2D eigenvalue weighted by Gasteiger charge is -2.30. The van der Waals surface area contributed by atoms with E-state index in [1.165, 1.54) is 25.7 Å². The molecule has 0 spiro atoms. The molecule has 0 radical (unpaired) electrons. The predicted octanol–water partition coefficient (Wildman–Crippen LogP) is 3.75. The number of aromatic nitrogens is 1. The van der Waals surface area contributed by atoms with Gasteiger partial charge in [-0.1, -0.05) is 12.8 Å². The van der Waals surface area contributed by atoms with Crippen molar-refractivity contribution in [1.82, 2.24) is 15.6 Å². The molecule has 2 rings (SSSR count). The molecule has 0 saturated heterocycles. The Labute approximate surface area is 180 Å². The van der Waals surface area contributed by atoms with E-state index in [9.17, 15) is 0 Å². The fourth-order valence-electron chi connectivity index (χ4n) is 3.52. The fourth-order valence-corrected chi connectivity index (χ4v) is 3.52. The summed E-state index contributed by atoms with van der Waals surface area (Å²) in [6.07, 6.45) is 8.05. The smallest absolute Gasteiger partial charge is 0.213 e. The molecular weight excluding hydrogens is 455 g/mol. The number of halogens is 1. The van der Waals surface area contributed by atoms with Gasteiger partial charge in [-0.05, 0) is 50.2 Å². The first-order valence-electron chi connectivity index (χ1n) is 9.80. The normalized spacial score (nSPS) is 15.9. The number of hydrogen-bond donors (Lipinski definition) is 2. The van der Waals surface area contributed by atoms with Crippen LogP contribution in [0.1, 0.15) is 51.5 Å². The molecule has 1 aliphatic carbocycles. The van der Waals surface area contributed by atoms with E-state index in [-0.39, 0.29) is 24.0 Å². The lowest BCUT2D eigenvalue weighted by molar-refractivity contribution is 0.138. The van der Waals surface area contributed by atoms with Gasteiger partial charge in [0.15, 0.2) is 5.96 Å². The van der Waals surface area contributed by atoms with E-state index in [1.807, 2.05) is 19.1 Å². The van der Waals surface area contributed by atoms with Crippen LogP contribution in [0.3, 0.4) is 0 Å². The highest BCUT2D eigenvalue weighted by Gasteiger charge is 2.33. The Morgan fingerprint density at radius 2 is 2.04 bits per heavy atom. The minimum Gasteiger partial charge on any atom is -0.478 e. The molecule has 27 heavy (non-hydrogen) atoms. The van der Waals surface area contributed by atoms with Crippen molar-refractivity contribution in [3.63, 3.8) is 0 Å². The van der Waals surface area contributed by atoms with Gasteiger partial charge in [0.05, 0.1) is 13.2 Å². The topological polar surface area (TPSA) is 67.8 Å². The molecule has 0 amide bonds. The molecule has 154 valence electrons. The quantitative estimate of drug-likeness (QED) is 0.297.